The van der Waals surface area contributed by atoms with Crippen LogP contribution in [0.5, 0.6) is 0 Å². The maximum Gasteiger partial charge on any atom is 0.0342 e. The Morgan fingerprint density at radius 2 is 2.00 bits per heavy atom. The molecule has 0 radical (unpaired) electrons. The van der Waals surface area contributed by atoms with Crippen molar-refractivity contribution in [3.8, 4) is 0 Å². The summed E-state index contributed by atoms with van der Waals surface area (Å²) in [5, 5.41) is 0. The lowest BCUT2D eigenvalue weighted by atomic mass is 10.2. The van der Waals surface area contributed by atoms with Gasteiger partial charge in [0, 0.05) is 25.7 Å². The highest BCUT2D eigenvalue weighted by Gasteiger charge is 2.20. The largest absolute Gasteiger partial charge is 0.329 e. The van der Waals surface area contributed by atoms with Crippen molar-refractivity contribution in [3.63, 3.8) is 0 Å². The summed E-state index contributed by atoms with van der Waals surface area (Å²) in [5.74, 6) is 0. The molecule has 3 heteroatoms. The molecule has 0 bridgehead atoms. The highest BCUT2D eigenvalue weighted by Crippen LogP contribution is 2.11. The van der Waals surface area contributed by atoms with E-state index in [1.54, 1.807) is 0 Å². The fraction of sp³-hybridized carbons (Fsp3) is 0.571. The van der Waals surface area contributed by atoms with E-state index in [9.17, 15) is 0 Å². The number of nitrogens with two attached hydrogens (primary N) is 1. The predicted octanol–water partition coefficient (Wildman–Crippen LogP) is 1.15. The van der Waals surface area contributed by atoms with E-state index in [0.29, 0.717) is 6.04 Å². The first kappa shape index (κ1) is 12.6. The van der Waals surface area contributed by atoms with Crippen LogP contribution in [0, 0.1) is 0 Å². The number of likely N-dealkylation sites (N-methyl/N-ethyl adjacent to an activating group) is 1. The number of hydrogen-bond donors (Lipinski definition) is 1. The lowest BCUT2D eigenvalue weighted by Crippen LogP contribution is -2.43. The van der Waals surface area contributed by atoms with Gasteiger partial charge in [-0.15, -0.1) is 0 Å². The van der Waals surface area contributed by atoms with E-state index in [1.165, 1.54) is 18.5 Å². The number of benzene rings is 1. The highest BCUT2D eigenvalue weighted by molar-refractivity contribution is 5.14. The highest BCUT2D eigenvalue weighted by atomic mass is 15.2. The minimum atomic E-state index is 0.501. The summed E-state index contributed by atoms with van der Waals surface area (Å²) in [5.41, 5.74) is 7.25. The summed E-state index contributed by atoms with van der Waals surface area (Å²) in [6.45, 7) is 5.22. The third kappa shape index (κ3) is 3.53. The van der Waals surface area contributed by atoms with Crippen LogP contribution in [0.2, 0.25) is 0 Å². The lowest BCUT2D eigenvalue weighted by molar-refractivity contribution is 0.207. The quantitative estimate of drug-likeness (QED) is 0.850. The van der Waals surface area contributed by atoms with Crippen molar-refractivity contribution in [1.82, 2.24) is 9.80 Å². The van der Waals surface area contributed by atoms with Crippen LogP contribution in [0.15, 0.2) is 30.3 Å². The smallest absolute Gasteiger partial charge is 0.0342 e. The molecule has 0 saturated carbocycles. The van der Waals surface area contributed by atoms with Gasteiger partial charge >= 0.3 is 0 Å². The second-order valence-electron chi connectivity index (χ2n) is 4.94. The van der Waals surface area contributed by atoms with Crippen molar-refractivity contribution in [2.24, 2.45) is 5.73 Å². The van der Waals surface area contributed by atoms with Crippen LogP contribution in [0.1, 0.15) is 12.0 Å². The predicted molar refractivity (Wildman–Crippen MR) is 71.8 cm³/mol. The first-order valence-corrected chi connectivity index (χ1v) is 6.46. The Balaban J connectivity index is 1.96. The summed E-state index contributed by atoms with van der Waals surface area (Å²) >= 11 is 0. The van der Waals surface area contributed by atoms with Crippen molar-refractivity contribution in [2.45, 2.75) is 19.0 Å². The zero-order chi connectivity index (χ0) is 12.1. The normalized spacial score (nSPS) is 23.5. The Hall–Kier alpha value is -0.900. The van der Waals surface area contributed by atoms with E-state index in [2.05, 4.69) is 47.2 Å². The molecule has 94 valence electrons. The zero-order valence-electron chi connectivity index (χ0n) is 10.7. The van der Waals surface area contributed by atoms with E-state index in [-0.39, 0.29) is 0 Å². The number of rotatable bonds is 3. The van der Waals surface area contributed by atoms with E-state index < -0.39 is 0 Å². The summed E-state index contributed by atoms with van der Waals surface area (Å²) in [6, 6.07) is 11.2. The summed E-state index contributed by atoms with van der Waals surface area (Å²) in [4.78, 5) is 4.92. The third-order valence-electron chi connectivity index (χ3n) is 3.60. The van der Waals surface area contributed by atoms with Crippen molar-refractivity contribution in [2.75, 3.05) is 33.2 Å². The van der Waals surface area contributed by atoms with Gasteiger partial charge in [0.05, 0.1) is 0 Å². The summed E-state index contributed by atoms with van der Waals surface area (Å²) < 4.78 is 0. The molecular formula is C14H23N3. The van der Waals surface area contributed by atoms with E-state index >= 15 is 0 Å². The Labute approximate surface area is 104 Å². The van der Waals surface area contributed by atoms with E-state index in [1.807, 2.05) is 0 Å². The molecule has 1 atom stereocenters. The van der Waals surface area contributed by atoms with Gasteiger partial charge in [0.25, 0.3) is 0 Å². The van der Waals surface area contributed by atoms with Gasteiger partial charge in [0.1, 0.15) is 0 Å². The Morgan fingerprint density at radius 1 is 1.24 bits per heavy atom. The van der Waals surface area contributed by atoms with Crippen molar-refractivity contribution < 1.29 is 0 Å². The van der Waals surface area contributed by atoms with Gasteiger partial charge in [-0.1, -0.05) is 30.3 Å². The fourth-order valence-corrected chi connectivity index (χ4v) is 2.49. The molecule has 1 unspecified atom stereocenters. The second-order valence-corrected chi connectivity index (χ2v) is 4.94. The van der Waals surface area contributed by atoms with Gasteiger partial charge < -0.3 is 10.6 Å². The molecule has 17 heavy (non-hydrogen) atoms. The fourth-order valence-electron chi connectivity index (χ4n) is 2.49. The molecule has 0 aliphatic carbocycles. The Kier molecular flexibility index (Phi) is 4.54. The number of nitrogens with zero attached hydrogens (tertiary/aromatic N) is 2. The van der Waals surface area contributed by atoms with Gasteiger partial charge in [-0.25, -0.2) is 0 Å². The van der Waals surface area contributed by atoms with Gasteiger partial charge in [0.15, 0.2) is 0 Å². The molecule has 1 aliphatic heterocycles. The molecule has 1 aromatic rings. The first-order chi connectivity index (χ1) is 8.29. The van der Waals surface area contributed by atoms with Crippen LogP contribution in [0.25, 0.3) is 0 Å². The standard InChI is InChI=1S/C14H23N3/c1-16-8-5-9-17(12-14(16)10-15)11-13-6-3-2-4-7-13/h2-4,6-7,14H,5,8-12,15H2,1H3. The molecule has 0 amide bonds. The molecule has 1 fully saturated rings. The molecule has 1 aromatic carbocycles. The van der Waals surface area contributed by atoms with E-state index in [4.69, 9.17) is 5.73 Å². The van der Waals surface area contributed by atoms with Crippen LogP contribution >= 0.6 is 0 Å². The summed E-state index contributed by atoms with van der Waals surface area (Å²) in [7, 11) is 2.18. The lowest BCUT2D eigenvalue weighted by Gasteiger charge is -2.27. The monoisotopic (exact) mass is 233 g/mol. The van der Waals surface area contributed by atoms with Crippen LogP contribution < -0.4 is 5.73 Å². The van der Waals surface area contributed by atoms with Crippen LogP contribution in [-0.4, -0.2) is 49.1 Å². The molecule has 0 spiro atoms. The van der Waals surface area contributed by atoms with Crippen molar-refractivity contribution >= 4 is 0 Å². The molecule has 0 aromatic heterocycles. The average molecular weight is 233 g/mol. The minimum Gasteiger partial charge on any atom is -0.329 e. The summed E-state index contributed by atoms with van der Waals surface area (Å²) in [6.07, 6.45) is 1.24. The zero-order valence-corrected chi connectivity index (χ0v) is 10.7. The van der Waals surface area contributed by atoms with Crippen molar-refractivity contribution in [3.05, 3.63) is 35.9 Å². The maximum atomic E-state index is 5.85. The average Bonchev–Trinajstić information content (AvgIpc) is 2.52. The van der Waals surface area contributed by atoms with Gasteiger partial charge in [0.2, 0.25) is 0 Å². The molecule has 3 nitrogen and oxygen atoms in total. The third-order valence-corrected chi connectivity index (χ3v) is 3.60. The topological polar surface area (TPSA) is 32.5 Å². The van der Waals surface area contributed by atoms with Crippen molar-refractivity contribution in [1.29, 1.82) is 0 Å². The Bertz CT molecular complexity index is 325. The van der Waals surface area contributed by atoms with Gasteiger partial charge in [-0.2, -0.15) is 0 Å². The van der Waals surface area contributed by atoms with Crippen LogP contribution in [0.3, 0.4) is 0 Å². The maximum absolute atomic E-state index is 5.85. The molecule has 1 saturated heterocycles. The van der Waals surface area contributed by atoms with Gasteiger partial charge in [-0.3, -0.25) is 4.90 Å². The van der Waals surface area contributed by atoms with Crippen LogP contribution in [-0.2, 0) is 6.54 Å². The molecule has 1 heterocycles. The van der Waals surface area contributed by atoms with E-state index in [0.717, 1.165) is 26.2 Å². The molecule has 2 rings (SSSR count). The minimum absolute atomic E-state index is 0.501. The van der Waals surface area contributed by atoms with Crippen LogP contribution in [0.4, 0.5) is 0 Å². The SMILES string of the molecule is CN1CCCN(Cc2ccccc2)CC1CN. The second kappa shape index (κ2) is 6.15. The Morgan fingerprint density at radius 3 is 2.71 bits per heavy atom. The molecule has 2 N–H and O–H groups in total. The molecular weight excluding hydrogens is 210 g/mol. The number of hydrogen-bond acceptors (Lipinski definition) is 3. The molecule has 1 aliphatic rings. The first-order valence-electron chi connectivity index (χ1n) is 6.46. The van der Waals surface area contributed by atoms with Gasteiger partial charge in [-0.05, 0) is 32.1 Å².